The second kappa shape index (κ2) is 4.43. The molecule has 0 saturated carbocycles. The van der Waals surface area contributed by atoms with E-state index in [0.29, 0.717) is 6.01 Å². The van der Waals surface area contributed by atoms with Gasteiger partial charge in [0.1, 0.15) is 5.52 Å². The fourth-order valence-electron chi connectivity index (χ4n) is 2.19. The first-order valence-electron chi connectivity index (χ1n) is 6.33. The number of hydrogen-bond donors (Lipinski definition) is 1. The van der Waals surface area contributed by atoms with Crippen molar-refractivity contribution in [2.45, 2.75) is 20.8 Å². The van der Waals surface area contributed by atoms with Gasteiger partial charge < -0.3 is 9.73 Å². The van der Waals surface area contributed by atoms with Crippen LogP contribution in [0.2, 0.25) is 0 Å². The Hall–Kier alpha value is -2.29. The predicted molar refractivity (Wildman–Crippen MR) is 77.9 cm³/mol. The smallest absolute Gasteiger partial charge is 0.300 e. The van der Waals surface area contributed by atoms with E-state index < -0.39 is 0 Å². The van der Waals surface area contributed by atoms with Crippen molar-refractivity contribution in [1.29, 1.82) is 0 Å². The van der Waals surface area contributed by atoms with Gasteiger partial charge in [-0.05, 0) is 50.1 Å². The molecule has 0 atom stereocenters. The number of aromatic nitrogens is 1. The molecule has 96 valence electrons. The van der Waals surface area contributed by atoms with E-state index in [1.165, 1.54) is 11.1 Å². The lowest BCUT2D eigenvalue weighted by molar-refractivity contribution is 0.620. The van der Waals surface area contributed by atoms with Crippen LogP contribution in [-0.2, 0) is 0 Å². The molecule has 0 aliphatic carbocycles. The molecule has 3 aromatic rings. The second-order valence-electron chi connectivity index (χ2n) is 4.94. The Balaban J connectivity index is 1.97. The molecule has 0 spiro atoms. The number of anilines is 2. The summed E-state index contributed by atoms with van der Waals surface area (Å²) >= 11 is 0. The summed E-state index contributed by atoms with van der Waals surface area (Å²) in [7, 11) is 0. The molecular weight excluding hydrogens is 236 g/mol. The molecule has 1 N–H and O–H groups in total. The van der Waals surface area contributed by atoms with Crippen LogP contribution in [0.5, 0.6) is 0 Å². The highest BCUT2D eigenvalue weighted by molar-refractivity contribution is 5.79. The van der Waals surface area contributed by atoms with Crippen LogP contribution < -0.4 is 5.32 Å². The van der Waals surface area contributed by atoms with E-state index in [0.717, 1.165) is 22.4 Å². The van der Waals surface area contributed by atoms with E-state index in [4.69, 9.17) is 4.42 Å². The highest BCUT2D eigenvalue weighted by Crippen LogP contribution is 2.25. The average molecular weight is 252 g/mol. The molecule has 0 radical (unpaired) electrons. The predicted octanol–water partition coefficient (Wildman–Crippen LogP) is 4.50. The first kappa shape index (κ1) is 11.8. The van der Waals surface area contributed by atoms with E-state index in [1.54, 1.807) is 0 Å². The summed E-state index contributed by atoms with van der Waals surface area (Å²) in [6.07, 6.45) is 0. The Morgan fingerprint density at radius 3 is 2.42 bits per heavy atom. The third-order valence-corrected chi connectivity index (χ3v) is 3.12. The van der Waals surface area contributed by atoms with Crippen molar-refractivity contribution in [3.05, 3.63) is 53.1 Å². The molecule has 0 aliphatic heterocycles. The molecule has 3 nitrogen and oxygen atoms in total. The van der Waals surface area contributed by atoms with Crippen molar-refractivity contribution in [3.63, 3.8) is 0 Å². The van der Waals surface area contributed by atoms with Crippen LogP contribution in [0.15, 0.2) is 40.8 Å². The monoisotopic (exact) mass is 252 g/mol. The normalized spacial score (nSPS) is 10.9. The number of benzene rings is 2. The Morgan fingerprint density at radius 1 is 0.947 bits per heavy atom. The van der Waals surface area contributed by atoms with Crippen LogP contribution in [0.4, 0.5) is 11.7 Å². The fraction of sp³-hybridized carbons (Fsp3) is 0.188. The van der Waals surface area contributed by atoms with Crippen LogP contribution in [0.25, 0.3) is 11.1 Å². The molecule has 0 saturated heterocycles. The van der Waals surface area contributed by atoms with Crippen LogP contribution in [0.3, 0.4) is 0 Å². The Morgan fingerprint density at radius 2 is 1.68 bits per heavy atom. The fourth-order valence-corrected chi connectivity index (χ4v) is 2.19. The zero-order valence-electron chi connectivity index (χ0n) is 11.3. The standard InChI is InChI=1S/C16H16N2O/c1-10-4-6-13(7-5-10)17-16-18-14-9-11(2)8-12(3)15(14)19-16/h4-9H,1-3H3,(H,17,18). The minimum Gasteiger partial charge on any atom is -0.423 e. The van der Waals surface area contributed by atoms with Crippen molar-refractivity contribution in [1.82, 2.24) is 4.98 Å². The number of aryl methyl sites for hydroxylation is 3. The van der Waals surface area contributed by atoms with Crippen molar-refractivity contribution in [2.75, 3.05) is 5.32 Å². The highest BCUT2D eigenvalue weighted by Gasteiger charge is 2.08. The molecule has 0 amide bonds. The van der Waals surface area contributed by atoms with E-state index in [-0.39, 0.29) is 0 Å². The topological polar surface area (TPSA) is 38.1 Å². The van der Waals surface area contributed by atoms with Gasteiger partial charge in [-0.3, -0.25) is 0 Å². The number of oxazole rings is 1. The van der Waals surface area contributed by atoms with E-state index in [2.05, 4.69) is 42.3 Å². The molecule has 0 fully saturated rings. The minimum atomic E-state index is 0.535. The van der Waals surface area contributed by atoms with Crippen LogP contribution >= 0.6 is 0 Å². The number of nitrogens with zero attached hydrogens (tertiary/aromatic N) is 1. The Kier molecular flexibility index (Phi) is 2.75. The van der Waals surface area contributed by atoms with Crippen LogP contribution in [-0.4, -0.2) is 4.98 Å². The quantitative estimate of drug-likeness (QED) is 0.730. The van der Waals surface area contributed by atoms with Crippen molar-refractivity contribution < 1.29 is 4.42 Å². The second-order valence-corrected chi connectivity index (χ2v) is 4.94. The largest absolute Gasteiger partial charge is 0.423 e. The summed E-state index contributed by atoms with van der Waals surface area (Å²) < 4.78 is 5.77. The summed E-state index contributed by atoms with van der Waals surface area (Å²) in [5.41, 5.74) is 6.26. The van der Waals surface area contributed by atoms with Gasteiger partial charge in [-0.2, -0.15) is 4.98 Å². The van der Waals surface area contributed by atoms with Gasteiger partial charge >= 0.3 is 0 Å². The zero-order valence-corrected chi connectivity index (χ0v) is 11.3. The summed E-state index contributed by atoms with van der Waals surface area (Å²) in [6, 6.07) is 12.8. The van der Waals surface area contributed by atoms with Gasteiger partial charge in [0.05, 0.1) is 0 Å². The molecule has 0 unspecified atom stereocenters. The van der Waals surface area contributed by atoms with Gasteiger partial charge in [-0.15, -0.1) is 0 Å². The van der Waals surface area contributed by atoms with Gasteiger partial charge in [0.2, 0.25) is 0 Å². The number of hydrogen-bond acceptors (Lipinski definition) is 3. The SMILES string of the molecule is Cc1ccc(Nc2nc3cc(C)cc(C)c3o2)cc1. The molecule has 3 rings (SSSR count). The van der Waals surface area contributed by atoms with Gasteiger partial charge in [0.15, 0.2) is 5.58 Å². The number of nitrogens with one attached hydrogen (secondary N) is 1. The third kappa shape index (κ3) is 2.32. The highest BCUT2D eigenvalue weighted by atomic mass is 16.4. The lowest BCUT2D eigenvalue weighted by Gasteiger charge is -2.01. The van der Waals surface area contributed by atoms with Gasteiger partial charge in [0, 0.05) is 5.69 Å². The van der Waals surface area contributed by atoms with Gasteiger partial charge in [0.25, 0.3) is 6.01 Å². The molecule has 0 bridgehead atoms. The summed E-state index contributed by atoms with van der Waals surface area (Å²) in [5.74, 6) is 0. The maximum absolute atomic E-state index is 5.77. The first-order valence-corrected chi connectivity index (χ1v) is 6.33. The van der Waals surface area contributed by atoms with Crippen molar-refractivity contribution in [3.8, 4) is 0 Å². The van der Waals surface area contributed by atoms with Crippen LogP contribution in [0, 0.1) is 20.8 Å². The Bertz CT molecular complexity index is 726. The number of rotatable bonds is 2. The lowest BCUT2D eigenvalue weighted by atomic mass is 10.1. The summed E-state index contributed by atoms with van der Waals surface area (Å²) in [4.78, 5) is 4.47. The van der Waals surface area contributed by atoms with Crippen molar-refractivity contribution >= 4 is 22.8 Å². The van der Waals surface area contributed by atoms with Crippen molar-refractivity contribution in [2.24, 2.45) is 0 Å². The van der Waals surface area contributed by atoms with E-state index in [9.17, 15) is 0 Å². The zero-order chi connectivity index (χ0) is 13.4. The molecule has 3 heteroatoms. The van der Waals surface area contributed by atoms with Gasteiger partial charge in [-0.1, -0.05) is 23.8 Å². The third-order valence-electron chi connectivity index (χ3n) is 3.12. The minimum absolute atomic E-state index is 0.535. The average Bonchev–Trinajstić information content (AvgIpc) is 2.75. The molecule has 19 heavy (non-hydrogen) atoms. The van der Waals surface area contributed by atoms with Gasteiger partial charge in [-0.25, -0.2) is 0 Å². The summed E-state index contributed by atoms with van der Waals surface area (Å²) in [5, 5.41) is 3.19. The molecule has 1 heterocycles. The Labute approximate surface area is 112 Å². The molecule has 1 aromatic heterocycles. The molecule has 0 aliphatic rings. The maximum atomic E-state index is 5.77. The molecule has 2 aromatic carbocycles. The molecular formula is C16H16N2O. The number of fused-ring (bicyclic) bond motifs is 1. The maximum Gasteiger partial charge on any atom is 0.300 e. The van der Waals surface area contributed by atoms with E-state index in [1.807, 2.05) is 25.1 Å². The van der Waals surface area contributed by atoms with E-state index >= 15 is 0 Å². The lowest BCUT2D eigenvalue weighted by Crippen LogP contribution is -1.89. The van der Waals surface area contributed by atoms with Crippen LogP contribution in [0.1, 0.15) is 16.7 Å². The summed E-state index contributed by atoms with van der Waals surface area (Å²) in [6.45, 7) is 6.17. The first-order chi connectivity index (χ1) is 9.11.